The Kier molecular flexibility index (Phi) is 4.33. The standard InChI is InChI=1S/C17H14F3N3O3/c1-26-13-6-2-4-11(8-13)15(24)23-16(25,12-5-3-7-21-10-12)9-14(22-23)17(18,19)20/h2-10,22,25H,1H3/t16-/m1/s1. The Balaban J connectivity index is 2.06. The Morgan fingerprint density at radius 3 is 2.69 bits per heavy atom. The van der Waals surface area contributed by atoms with E-state index in [1.807, 2.05) is 5.43 Å². The first-order valence-electron chi connectivity index (χ1n) is 7.44. The summed E-state index contributed by atoms with van der Waals surface area (Å²) in [4.78, 5) is 16.6. The van der Waals surface area contributed by atoms with E-state index in [1.54, 1.807) is 6.07 Å². The first-order chi connectivity index (χ1) is 12.3. The molecule has 1 aliphatic heterocycles. The number of rotatable bonds is 3. The van der Waals surface area contributed by atoms with Gasteiger partial charge in [0.1, 0.15) is 11.4 Å². The molecule has 2 N–H and O–H groups in total. The van der Waals surface area contributed by atoms with Crippen LogP contribution >= 0.6 is 0 Å². The number of nitrogens with one attached hydrogen (secondary N) is 1. The Labute approximate surface area is 146 Å². The van der Waals surface area contributed by atoms with Gasteiger partial charge >= 0.3 is 6.18 Å². The fraction of sp³-hybridized carbons (Fsp3) is 0.176. The van der Waals surface area contributed by atoms with Crippen molar-refractivity contribution in [2.75, 3.05) is 7.11 Å². The third kappa shape index (κ3) is 3.08. The third-order valence-electron chi connectivity index (χ3n) is 3.83. The Bertz CT molecular complexity index is 855. The summed E-state index contributed by atoms with van der Waals surface area (Å²) in [6.07, 6.45) is -1.65. The van der Waals surface area contributed by atoms with Crippen LogP contribution in [0.4, 0.5) is 13.2 Å². The van der Waals surface area contributed by atoms with Crippen LogP contribution in [0.15, 0.2) is 60.6 Å². The van der Waals surface area contributed by atoms with Crippen molar-refractivity contribution in [1.29, 1.82) is 0 Å². The van der Waals surface area contributed by atoms with Crippen molar-refractivity contribution in [3.05, 3.63) is 71.7 Å². The van der Waals surface area contributed by atoms with Crippen molar-refractivity contribution >= 4 is 5.91 Å². The van der Waals surface area contributed by atoms with Crippen LogP contribution in [0.2, 0.25) is 0 Å². The fourth-order valence-corrected chi connectivity index (χ4v) is 2.53. The van der Waals surface area contributed by atoms with Gasteiger partial charge in [-0.05, 0) is 24.3 Å². The van der Waals surface area contributed by atoms with Crippen LogP contribution in [0.5, 0.6) is 5.75 Å². The molecule has 1 aromatic heterocycles. The van der Waals surface area contributed by atoms with Crippen LogP contribution in [0.3, 0.4) is 0 Å². The second-order valence-electron chi connectivity index (χ2n) is 5.51. The molecule has 0 aliphatic carbocycles. The first kappa shape index (κ1) is 17.7. The highest BCUT2D eigenvalue weighted by molar-refractivity contribution is 5.95. The molecule has 0 saturated carbocycles. The molecule has 0 fully saturated rings. The number of carbonyl (C=O) groups excluding carboxylic acids is 1. The van der Waals surface area contributed by atoms with Gasteiger partial charge < -0.3 is 9.84 Å². The number of alkyl halides is 3. The quantitative estimate of drug-likeness (QED) is 0.873. The highest BCUT2D eigenvalue weighted by atomic mass is 19.4. The number of allylic oxidation sites excluding steroid dienone is 1. The topological polar surface area (TPSA) is 74.7 Å². The van der Waals surface area contributed by atoms with Crippen molar-refractivity contribution in [2.24, 2.45) is 0 Å². The van der Waals surface area contributed by atoms with Crippen molar-refractivity contribution in [1.82, 2.24) is 15.4 Å². The molecule has 6 nitrogen and oxygen atoms in total. The summed E-state index contributed by atoms with van der Waals surface area (Å²) in [6, 6.07) is 8.68. The van der Waals surface area contributed by atoms with E-state index in [0.717, 1.165) is 0 Å². The van der Waals surface area contributed by atoms with Gasteiger partial charge in [-0.2, -0.15) is 13.2 Å². The van der Waals surface area contributed by atoms with E-state index < -0.39 is 23.5 Å². The number of benzene rings is 1. The van der Waals surface area contributed by atoms with Gasteiger partial charge in [0.25, 0.3) is 5.91 Å². The minimum absolute atomic E-state index is 0.00277. The molecule has 26 heavy (non-hydrogen) atoms. The number of amides is 1. The molecular formula is C17H14F3N3O3. The zero-order chi connectivity index (χ0) is 18.9. The second kappa shape index (κ2) is 6.34. The second-order valence-corrected chi connectivity index (χ2v) is 5.51. The highest BCUT2D eigenvalue weighted by Crippen LogP contribution is 2.38. The molecule has 1 atom stereocenters. The summed E-state index contributed by atoms with van der Waals surface area (Å²) < 4.78 is 44.5. The molecule has 0 saturated heterocycles. The van der Waals surface area contributed by atoms with Gasteiger partial charge in [-0.25, -0.2) is 5.01 Å². The summed E-state index contributed by atoms with van der Waals surface area (Å²) in [5.41, 5.74) is -1.61. The lowest BCUT2D eigenvalue weighted by Crippen LogP contribution is -2.51. The highest BCUT2D eigenvalue weighted by Gasteiger charge is 2.50. The average Bonchev–Trinajstić information content (AvgIpc) is 3.01. The average molecular weight is 365 g/mol. The fourth-order valence-electron chi connectivity index (χ4n) is 2.53. The molecule has 0 bridgehead atoms. The molecule has 2 heterocycles. The largest absolute Gasteiger partial charge is 0.497 e. The van der Waals surface area contributed by atoms with Crippen LogP contribution in [0.1, 0.15) is 15.9 Å². The number of pyridine rings is 1. The number of hydrogen-bond donors (Lipinski definition) is 2. The van der Waals surface area contributed by atoms with Crippen LogP contribution in [-0.2, 0) is 5.72 Å². The molecule has 0 spiro atoms. The summed E-state index contributed by atoms with van der Waals surface area (Å²) >= 11 is 0. The number of hydrogen-bond acceptors (Lipinski definition) is 5. The Hall–Kier alpha value is -3.07. The van der Waals surface area contributed by atoms with E-state index in [2.05, 4.69) is 4.98 Å². The minimum atomic E-state index is -4.78. The summed E-state index contributed by atoms with van der Waals surface area (Å²) in [5, 5.41) is 11.4. The number of methoxy groups -OCH3 is 1. The number of hydrazine groups is 1. The predicted molar refractivity (Wildman–Crippen MR) is 84.6 cm³/mol. The zero-order valence-electron chi connectivity index (χ0n) is 13.5. The number of aliphatic hydroxyl groups is 1. The van der Waals surface area contributed by atoms with Gasteiger partial charge in [0.05, 0.1) is 7.11 Å². The number of carbonyl (C=O) groups is 1. The van der Waals surface area contributed by atoms with E-state index in [0.29, 0.717) is 16.8 Å². The SMILES string of the molecule is COc1cccc(C(=O)N2NC(C(F)(F)F)=C[C@@]2(O)c2cccnc2)c1. The zero-order valence-corrected chi connectivity index (χ0v) is 13.5. The van der Waals surface area contributed by atoms with Gasteiger partial charge in [-0.1, -0.05) is 12.1 Å². The maximum absolute atomic E-state index is 13.2. The van der Waals surface area contributed by atoms with E-state index in [-0.39, 0.29) is 11.1 Å². The number of nitrogens with zero attached hydrogens (tertiary/aromatic N) is 2. The van der Waals surface area contributed by atoms with Crippen molar-refractivity contribution < 1.29 is 27.8 Å². The normalized spacial score (nSPS) is 19.7. The first-order valence-corrected chi connectivity index (χ1v) is 7.44. The molecule has 2 aromatic rings. The smallest absolute Gasteiger partial charge is 0.432 e. The van der Waals surface area contributed by atoms with E-state index in [1.165, 1.54) is 49.8 Å². The molecule has 9 heteroatoms. The molecule has 136 valence electrons. The van der Waals surface area contributed by atoms with Crippen LogP contribution in [-0.4, -0.2) is 34.3 Å². The maximum atomic E-state index is 13.2. The van der Waals surface area contributed by atoms with E-state index in [4.69, 9.17) is 4.74 Å². The maximum Gasteiger partial charge on any atom is 0.432 e. The van der Waals surface area contributed by atoms with E-state index >= 15 is 0 Å². The van der Waals surface area contributed by atoms with E-state index in [9.17, 15) is 23.1 Å². The molecule has 0 radical (unpaired) electrons. The predicted octanol–water partition coefficient (Wildman–Crippen LogP) is 2.34. The van der Waals surface area contributed by atoms with Gasteiger partial charge in [-0.15, -0.1) is 0 Å². The minimum Gasteiger partial charge on any atom is -0.497 e. The van der Waals surface area contributed by atoms with Crippen LogP contribution in [0.25, 0.3) is 0 Å². The van der Waals surface area contributed by atoms with Crippen molar-refractivity contribution in [2.45, 2.75) is 11.9 Å². The summed E-state index contributed by atoms with van der Waals surface area (Å²) in [5.74, 6) is -0.519. The summed E-state index contributed by atoms with van der Waals surface area (Å²) in [7, 11) is 1.40. The van der Waals surface area contributed by atoms with Crippen molar-refractivity contribution in [3.63, 3.8) is 0 Å². The van der Waals surface area contributed by atoms with Crippen molar-refractivity contribution in [3.8, 4) is 5.75 Å². The lowest BCUT2D eigenvalue weighted by Gasteiger charge is -2.32. The molecule has 1 aromatic carbocycles. The van der Waals surface area contributed by atoms with Gasteiger partial charge in [0, 0.05) is 29.6 Å². The molecule has 0 unspecified atom stereocenters. The Morgan fingerprint density at radius 2 is 2.08 bits per heavy atom. The van der Waals surface area contributed by atoms with Crippen LogP contribution < -0.4 is 10.2 Å². The number of aromatic nitrogens is 1. The number of halogens is 3. The molecule has 3 rings (SSSR count). The van der Waals surface area contributed by atoms with Gasteiger partial charge in [-0.3, -0.25) is 15.2 Å². The van der Waals surface area contributed by atoms with Crippen LogP contribution in [0, 0.1) is 0 Å². The lowest BCUT2D eigenvalue weighted by atomic mass is 10.0. The van der Waals surface area contributed by atoms with Gasteiger partial charge in [0.15, 0.2) is 0 Å². The molecule has 1 aliphatic rings. The summed E-state index contributed by atoms with van der Waals surface area (Å²) in [6.45, 7) is 0. The molecule has 1 amide bonds. The Morgan fingerprint density at radius 1 is 1.31 bits per heavy atom. The lowest BCUT2D eigenvalue weighted by molar-refractivity contribution is -0.104. The van der Waals surface area contributed by atoms with Gasteiger partial charge in [0.2, 0.25) is 5.72 Å². The third-order valence-corrected chi connectivity index (χ3v) is 3.83. The molecular weight excluding hydrogens is 351 g/mol. The monoisotopic (exact) mass is 365 g/mol. The number of ether oxygens (including phenoxy) is 1.